The second kappa shape index (κ2) is 5.98. The quantitative estimate of drug-likeness (QED) is 0.809. The molecule has 0 amide bonds. The normalized spacial score (nSPS) is 12.7. The van der Waals surface area contributed by atoms with Gasteiger partial charge in [-0.1, -0.05) is 45.0 Å². The molecule has 0 heterocycles. The second-order valence-corrected chi connectivity index (χ2v) is 6.87. The van der Waals surface area contributed by atoms with Crippen LogP contribution in [-0.4, -0.2) is 16.4 Å². The number of hydrogen-bond donors (Lipinski definition) is 2. The molecule has 0 saturated carbocycles. The average molecular weight is 272 g/mol. The lowest BCUT2D eigenvalue weighted by molar-refractivity contribution is 0.199. The van der Waals surface area contributed by atoms with E-state index < -0.39 is 7.82 Å². The van der Waals surface area contributed by atoms with Crippen LogP contribution in [0.3, 0.4) is 0 Å². The highest BCUT2D eigenvalue weighted by Gasteiger charge is 2.13. The Balaban J connectivity index is 2.48. The molecule has 0 radical (unpaired) electrons. The molecule has 2 N–H and O–H groups in total. The summed E-state index contributed by atoms with van der Waals surface area (Å²) in [6, 6.07) is 8.06. The molecule has 0 aliphatic carbocycles. The van der Waals surface area contributed by atoms with Crippen molar-refractivity contribution >= 4 is 7.82 Å². The fraction of sp³-hybridized carbons (Fsp3) is 0.538. The van der Waals surface area contributed by atoms with Crippen LogP contribution in [0.1, 0.15) is 31.9 Å². The molecule has 0 fully saturated rings. The molecule has 0 aliphatic heterocycles. The first kappa shape index (κ1) is 15.4. The van der Waals surface area contributed by atoms with E-state index in [1.807, 2.05) is 12.1 Å². The Labute approximate surface area is 108 Å². The second-order valence-electron chi connectivity index (χ2n) is 5.63. The van der Waals surface area contributed by atoms with Crippen molar-refractivity contribution in [2.45, 2.75) is 33.6 Å². The van der Waals surface area contributed by atoms with Crippen molar-refractivity contribution in [3.8, 4) is 0 Å². The summed E-state index contributed by atoms with van der Waals surface area (Å²) in [6.45, 7) is 6.60. The first-order valence-corrected chi connectivity index (χ1v) is 7.47. The number of rotatable bonds is 5. The molecule has 1 rings (SSSR count). The van der Waals surface area contributed by atoms with E-state index >= 15 is 0 Å². The summed E-state index contributed by atoms with van der Waals surface area (Å²) in [7, 11) is -4.34. The van der Waals surface area contributed by atoms with Gasteiger partial charge in [-0.3, -0.25) is 4.52 Å². The molecule has 18 heavy (non-hydrogen) atoms. The Bertz CT molecular complexity index is 414. The van der Waals surface area contributed by atoms with E-state index in [9.17, 15) is 4.57 Å². The fourth-order valence-electron chi connectivity index (χ4n) is 1.72. The van der Waals surface area contributed by atoms with Crippen molar-refractivity contribution in [3.05, 3.63) is 35.4 Å². The largest absolute Gasteiger partial charge is 0.469 e. The van der Waals surface area contributed by atoms with Gasteiger partial charge in [-0.25, -0.2) is 4.57 Å². The SMILES string of the molecule is CC(C)(C)Cc1ccc(CCOP(=O)(O)O)cc1. The molecular formula is C13H21O4P. The summed E-state index contributed by atoms with van der Waals surface area (Å²) in [6.07, 6.45) is 1.51. The van der Waals surface area contributed by atoms with Gasteiger partial charge in [-0.2, -0.15) is 0 Å². The Kier molecular flexibility index (Phi) is 5.11. The van der Waals surface area contributed by atoms with Crippen molar-refractivity contribution in [2.24, 2.45) is 5.41 Å². The van der Waals surface area contributed by atoms with Crippen LogP contribution in [0.5, 0.6) is 0 Å². The monoisotopic (exact) mass is 272 g/mol. The molecule has 1 aromatic carbocycles. The molecule has 102 valence electrons. The van der Waals surface area contributed by atoms with Gasteiger partial charge in [-0.15, -0.1) is 0 Å². The molecule has 5 heteroatoms. The third-order valence-electron chi connectivity index (χ3n) is 2.41. The topological polar surface area (TPSA) is 66.8 Å². The van der Waals surface area contributed by atoms with Crippen molar-refractivity contribution in [1.82, 2.24) is 0 Å². The van der Waals surface area contributed by atoms with Crippen LogP contribution in [0.25, 0.3) is 0 Å². The van der Waals surface area contributed by atoms with E-state index in [0.29, 0.717) is 6.42 Å². The van der Waals surface area contributed by atoms with E-state index in [1.54, 1.807) is 0 Å². The minimum absolute atomic E-state index is 0.0307. The predicted octanol–water partition coefficient (Wildman–Crippen LogP) is 2.93. The van der Waals surface area contributed by atoms with Crippen LogP contribution in [0.15, 0.2) is 24.3 Å². The van der Waals surface area contributed by atoms with Crippen LogP contribution >= 0.6 is 7.82 Å². The number of benzene rings is 1. The number of hydrogen-bond acceptors (Lipinski definition) is 2. The summed E-state index contributed by atoms with van der Waals surface area (Å²) < 4.78 is 14.9. The highest BCUT2D eigenvalue weighted by atomic mass is 31.2. The van der Waals surface area contributed by atoms with Gasteiger partial charge in [0.05, 0.1) is 6.61 Å². The zero-order valence-electron chi connectivity index (χ0n) is 11.1. The van der Waals surface area contributed by atoms with E-state index in [0.717, 1.165) is 12.0 Å². The molecule has 0 atom stereocenters. The van der Waals surface area contributed by atoms with Gasteiger partial charge in [0.25, 0.3) is 0 Å². The number of phosphoric ester groups is 1. The lowest BCUT2D eigenvalue weighted by atomic mass is 9.88. The van der Waals surface area contributed by atoms with Gasteiger partial charge in [-0.05, 0) is 29.4 Å². The van der Waals surface area contributed by atoms with E-state index in [1.165, 1.54) is 5.56 Å². The smallest absolute Gasteiger partial charge is 0.303 e. The Morgan fingerprint density at radius 3 is 2.06 bits per heavy atom. The third kappa shape index (κ3) is 6.92. The van der Waals surface area contributed by atoms with Gasteiger partial charge < -0.3 is 9.79 Å². The van der Waals surface area contributed by atoms with Crippen molar-refractivity contribution in [3.63, 3.8) is 0 Å². The van der Waals surface area contributed by atoms with Crippen molar-refractivity contribution in [2.75, 3.05) is 6.61 Å². The minimum atomic E-state index is -4.34. The molecule has 0 spiro atoms. The molecule has 0 saturated heterocycles. The zero-order valence-corrected chi connectivity index (χ0v) is 12.0. The van der Waals surface area contributed by atoms with E-state index in [-0.39, 0.29) is 12.0 Å². The highest BCUT2D eigenvalue weighted by molar-refractivity contribution is 7.46. The first-order chi connectivity index (χ1) is 8.16. The summed E-state index contributed by atoms with van der Waals surface area (Å²) in [4.78, 5) is 17.1. The third-order valence-corrected chi connectivity index (χ3v) is 2.93. The highest BCUT2D eigenvalue weighted by Crippen LogP contribution is 2.35. The summed E-state index contributed by atoms with van der Waals surface area (Å²) in [5.74, 6) is 0. The minimum Gasteiger partial charge on any atom is -0.303 e. The molecule has 0 aromatic heterocycles. The van der Waals surface area contributed by atoms with Gasteiger partial charge in [0, 0.05) is 0 Å². The Morgan fingerprint density at radius 2 is 1.61 bits per heavy atom. The van der Waals surface area contributed by atoms with E-state index in [2.05, 4.69) is 37.4 Å². The lowest BCUT2D eigenvalue weighted by Crippen LogP contribution is -2.09. The van der Waals surface area contributed by atoms with Gasteiger partial charge >= 0.3 is 7.82 Å². The molecule has 4 nitrogen and oxygen atoms in total. The van der Waals surface area contributed by atoms with Crippen LogP contribution in [-0.2, 0) is 21.9 Å². The molecule has 1 aromatic rings. The molecule has 0 bridgehead atoms. The van der Waals surface area contributed by atoms with Crippen LogP contribution in [0, 0.1) is 5.41 Å². The summed E-state index contributed by atoms with van der Waals surface area (Å²) in [5, 5.41) is 0. The lowest BCUT2D eigenvalue weighted by Gasteiger charge is -2.18. The fourth-order valence-corrected chi connectivity index (χ4v) is 2.05. The Hall–Kier alpha value is -0.670. The van der Waals surface area contributed by atoms with Crippen LogP contribution in [0.4, 0.5) is 0 Å². The average Bonchev–Trinajstić information content (AvgIpc) is 2.16. The maximum absolute atomic E-state index is 10.5. The summed E-state index contributed by atoms with van der Waals surface area (Å²) in [5.41, 5.74) is 2.54. The predicted molar refractivity (Wildman–Crippen MR) is 71.3 cm³/mol. The van der Waals surface area contributed by atoms with Gasteiger partial charge in [0.15, 0.2) is 0 Å². The van der Waals surface area contributed by atoms with Crippen LogP contribution in [0.2, 0.25) is 0 Å². The number of phosphoric acid groups is 1. The van der Waals surface area contributed by atoms with Gasteiger partial charge in [0.1, 0.15) is 0 Å². The maximum atomic E-state index is 10.5. The standard InChI is InChI=1S/C13H21O4P/c1-13(2,3)10-12-6-4-11(5-7-12)8-9-17-18(14,15)16/h4-7H,8-10H2,1-3H3,(H2,14,15,16). The maximum Gasteiger partial charge on any atom is 0.469 e. The first-order valence-electron chi connectivity index (χ1n) is 5.94. The van der Waals surface area contributed by atoms with Crippen LogP contribution < -0.4 is 0 Å². The van der Waals surface area contributed by atoms with Crippen molar-refractivity contribution in [1.29, 1.82) is 0 Å². The molecule has 0 aliphatic rings. The van der Waals surface area contributed by atoms with Crippen molar-refractivity contribution < 1.29 is 18.9 Å². The van der Waals surface area contributed by atoms with Gasteiger partial charge in [0.2, 0.25) is 0 Å². The Morgan fingerprint density at radius 1 is 1.11 bits per heavy atom. The van der Waals surface area contributed by atoms with E-state index in [4.69, 9.17) is 9.79 Å². The summed E-state index contributed by atoms with van der Waals surface area (Å²) >= 11 is 0. The molecular weight excluding hydrogens is 251 g/mol. The zero-order chi connectivity index (χ0) is 13.8. The molecule has 0 unspecified atom stereocenters.